The van der Waals surface area contributed by atoms with Gasteiger partial charge in [-0.05, 0) is 34.1 Å². The van der Waals surface area contributed by atoms with Gasteiger partial charge in [0.2, 0.25) is 0 Å². The number of hydrogen-bond donors (Lipinski definition) is 1. The van der Waals surface area contributed by atoms with E-state index in [1.54, 1.807) is 18.6 Å². The molecule has 118 valence electrons. The molecule has 0 saturated heterocycles. The molecule has 0 amide bonds. The summed E-state index contributed by atoms with van der Waals surface area (Å²) >= 11 is 0. The molecule has 0 aliphatic heterocycles. The van der Waals surface area contributed by atoms with Crippen LogP contribution < -0.4 is 17.6 Å². The van der Waals surface area contributed by atoms with Crippen molar-refractivity contribution in [2.24, 2.45) is 0 Å². The fourth-order valence-electron chi connectivity index (χ4n) is 2.31. The zero-order chi connectivity index (χ0) is 15.2. The zero-order valence-corrected chi connectivity index (χ0v) is 13.4. The number of fused-ring (bicyclic) bond motifs is 1. The Balaban J connectivity index is 0.00000192. The van der Waals surface area contributed by atoms with Crippen molar-refractivity contribution >= 4 is 16.5 Å². The molecule has 0 aliphatic rings. The molecule has 4 nitrogen and oxygen atoms in total. The summed E-state index contributed by atoms with van der Waals surface area (Å²) in [4.78, 5) is 9.50. The van der Waals surface area contributed by atoms with Gasteiger partial charge in [-0.15, -0.1) is 0 Å². The van der Waals surface area contributed by atoms with Crippen molar-refractivity contribution in [3.63, 3.8) is 0 Å². The van der Waals surface area contributed by atoms with E-state index in [1.807, 2.05) is 22.9 Å². The first kappa shape index (κ1) is 16.8. The lowest BCUT2D eigenvalue weighted by atomic mass is 10.0. The molecule has 1 heterocycles. The molecular weight excluding hydrogens is 310 g/mol. The van der Waals surface area contributed by atoms with E-state index >= 15 is 0 Å². The summed E-state index contributed by atoms with van der Waals surface area (Å²) in [7, 11) is 0. The number of hydrogen-bond acceptors (Lipinski definition) is 2. The lowest BCUT2D eigenvalue weighted by molar-refractivity contribution is -0.750. The molecule has 2 aromatic carbocycles. The van der Waals surface area contributed by atoms with Crippen molar-refractivity contribution in [1.29, 1.82) is 0 Å². The maximum absolute atomic E-state index is 5.42. The second kappa shape index (κ2) is 8.15. The third kappa shape index (κ3) is 4.20. The normalized spacial score (nSPS) is 11.0. The van der Waals surface area contributed by atoms with Gasteiger partial charge in [-0.25, -0.2) is 4.98 Å². The number of imidazole rings is 1. The highest BCUT2D eigenvalue weighted by Crippen LogP contribution is 2.15. The highest BCUT2D eigenvalue weighted by Gasteiger charge is 2.13. The van der Waals surface area contributed by atoms with Crippen LogP contribution in [0.2, 0.25) is 0 Å². The fourth-order valence-corrected chi connectivity index (χ4v) is 2.31. The van der Waals surface area contributed by atoms with Crippen LogP contribution in [0.3, 0.4) is 0 Å². The fraction of sp³-hybridized carbons (Fsp3) is 0.111. The summed E-state index contributed by atoms with van der Waals surface area (Å²) in [6.07, 6.45) is 7.19. The van der Waals surface area contributed by atoms with Crippen LogP contribution in [0.25, 0.3) is 10.8 Å². The highest BCUT2D eigenvalue weighted by atomic mass is 35.5. The number of aromatic nitrogens is 2. The van der Waals surface area contributed by atoms with E-state index in [9.17, 15) is 0 Å². The molecule has 5 heteroatoms. The number of halogens is 1. The Hall–Kier alpha value is -2.59. The molecular formula is C18H18ClN3O. The first-order valence-corrected chi connectivity index (χ1v) is 7.16. The van der Waals surface area contributed by atoms with E-state index < -0.39 is 0 Å². The predicted octanol–water partition coefficient (Wildman–Crippen LogP) is -1.27. The average molecular weight is 328 g/mol. The van der Waals surface area contributed by atoms with Crippen LogP contribution >= 0.6 is 0 Å². The maximum atomic E-state index is 5.42. The predicted molar refractivity (Wildman–Crippen MR) is 87.4 cm³/mol. The summed E-state index contributed by atoms with van der Waals surface area (Å²) < 4.78 is 1.99. The number of nitrogens with zero attached hydrogens (tertiary/aromatic N) is 2. The second-order valence-corrected chi connectivity index (χ2v) is 4.98. The Labute approximate surface area is 141 Å². The molecule has 0 atom stereocenters. The molecule has 0 bridgehead atoms. The van der Waals surface area contributed by atoms with Gasteiger partial charge in [0, 0.05) is 18.0 Å². The van der Waals surface area contributed by atoms with Crippen molar-refractivity contribution in [3.05, 3.63) is 79.4 Å². The number of rotatable bonds is 6. The van der Waals surface area contributed by atoms with Gasteiger partial charge < -0.3 is 17.0 Å². The van der Waals surface area contributed by atoms with Crippen LogP contribution in [-0.2, 0) is 11.4 Å². The Morgan fingerprint density at radius 2 is 2.04 bits per heavy atom. The lowest BCUT2D eigenvalue weighted by Gasteiger charge is -2.04. The van der Waals surface area contributed by atoms with Gasteiger partial charge in [0.15, 0.2) is 6.61 Å². The van der Waals surface area contributed by atoms with E-state index in [2.05, 4.69) is 47.1 Å². The first-order chi connectivity index (χ1) is 10.9. The maximum Gasteiger partial charge on any atom is 0.251 e. The Morgan fingerprint density at radius 3 is 2.78 bits per heavy atom. The largest absolute Gasteiger partial charge is 1.00 e. The van der Waals surface area contributed by atoms with Crippen molar-refractivity contribution in [3.8, 4) is 0 Å². The molecule has 0 saturated carbocycles. The van der Waals surface area contributed by atoms with Crippen molar-refractivity contribution < 1.29 is 22.4 Å². The molecule has 1 aromatic heterocycles. The van der Waals surface area contributed by atoms with Gasteiger partial charge >= 0.3 is 0 Å². The molecule has 3 aromatic rings. The third-order valence-electron chi connectivity index (χ3n) is 3.39. The average Bonchev–Trinajstić information content (AvgIpc) is 3.07. The van der Waals surface area contributed by atoms with Gasteiger partial charge in [-0.3, -0.25) is 4.84 Å². The molecule has 3 rings (SSSR count). The second-order valence-electron chi connectivity index (χ2n) is 4.98. The minimum absolute atomic E-state index is 0. The summed E-state index contributed by atoms with van der Waals surface area (Å²) in [5.74, 6) is 0. The third-order valence-corrected chi connectivity index (χ3v) is 3.39. The minimum atomic E-state index is 0. The topological polar surface area (TPSA) is 41.0 Å². The molecule has 0 aliphatic carbocycles. The van der Waals surface area contributed by atoms with E-state index in [0.29, 0.717) is 13.2 Å². The van der Waals surface area contributed by atoms with Crippen LogP contribution in [0.5, 0.6) is 0 Å². The van der Waals surface area contributed by atoms with Crippen LogP contribution in [0.1, 0.15) is 5.56 Å². The van der Waals surface area contributed by atoms with Crippen LogP contribution in [0, 0.1) is 0 Å². The van der Waals surface area contributed by atoms with Crippen molar-refractivity contribution in [1.82, 2.24) is 9.55 Å². The summed E-state index contributed by atoms with van der Waals surface area (Å²) in [5.41, 5.74) is 2.07. The quantitative estimate of drug-likeness (QED) is 0.265. The first-order valence-electron chi connectivity index (χ1n) is 7.16. The molecule has 0 fully saturated rings. The van der Waals surface area contributed by atoms with E-state index in [1.165, 1.54) is 10.8 Å². The highest BCUT2D eigenvalue weighted by molar-refractivity contribution is 5.99. The smallest absolute Gasteiger partial charge is 0.251 e. The molecule has 0 spiro atoms. The molecule has 0 unspecified atom stereocenters. The summed E-state index contributed by atoms with van der Waals surface area (Å²) in [5, 5.41) is 5.46. The lowest BCUT2D eigenvalue weighted by Crippen LogP contribution is -3.00. The monoisotopic (exact) mass is 327 g/mol. The number of nitrogens with one attached hydrogen (secondary N) is 1. The Morgan fingerprint density at radius 1 is 1.22 bits per heavy atom. The van der Waals surface area contributed by atoms with Gasteiger partial charge in [0.1, 0.15) is 6.54 Å². The van der Waals surface area contributed by atoms with Gasteiger partial charge in [-0.2, -0.15) is 0 Å². The standard InChI is InChI=1S/C18H17N3O.ClH/c1-2-11-22-20-18(13-21-10-9-19-14-21)17-8-7-15-5-3-4-6-16(15)12-17;/h2-10,12,14H,1,11,13H2;1H/b20-18+;. The summed E-state index contributed by atoms with van der Waals surface area (Å²) in [6, 6.07) is 14.7. The van der Waals surface area contributed by atoms with E-state index in [4.69, 9.17) is 4.84 Å². The van der Waals surface area contributed by atoms with Crippen LogP contribution in [-0.4, -0.2) is 21.9 Å². The minimum Gasteiger partial charge on any atom is -1.00 e. The summed E-state index contributed by atoms with van der Waals surface area (Å²) in [6.45, 7) is 4.77. The van der Waals surface area contributed by atoms with E-state index in [0.717, 1.165) is 11.3 Å². The molecule has 1 N–H and O–H groups in total. The van der Waals surface area contributed by atoms with Crippen molar-refractivity contribution in [2.75, 3.05) is 6.61 Å². The Bertz CT molecular complexity index is 797. The molecule has 23 heavy (non-hydrogen) atoms. The number of benzene rings is 2. The van der Waals surface area contributed by atoms with Crippen molar-refractivity contribution in [2.45, 2.75) is 6.54 Å². The molecule has 0 radical (unpaired) electrons. The van der Waals surface area contributed by atoms with Gasteiger partial charge in [-0.1, -0.05) is 36.9 Å². The Kier molecular flexibility index (Phi) is 5.94. The van der Waals surface area contributed by atoms with Gasteiger partial charge in [0.25, 0.3) is 5.71 Å². The zero-order valence-electron chi connectivity index (χ0n) is 12.7. The SMILES string of the molecule is C=CCO/[NH+]=C(\Cn1ccnc1)c1ccc2ccccc2c1.[Cl-]. The van der Waals surface area contributed by atoms with Gasteiger partial charge in [0.05, 0.1) is 6.33 Å². The van der Waals surface area contributed by atoms with Crippen LogP contribution in [0.4, 0.5) is 0 Å². The van der Waals surface area contributed by atoms with Crippen LogP contribution in [0.15, 0.2) is 73.8 Å². The van der Waals surface area contributed by atoms with E-state index in [-0.39, 0.29) is 12.4 Å².